The van der Waals surface area contributed by atoms with Gasteiger partial charge in [-0.25, -0.2) is 14.4 Å². The molecule has 0 fully saturated rings. The van der Waals surface area contributed by atoms with Crippen LogP contribution in [-0.4, -0.2) is 15.9 Å². The van der Waals surface area contributed by atoms with Crippen molar-refractivity contribution in [1.29, 1.82) is 0 Å². The van der Waals surface area contributed by atoms with Crippen LogP contribution in [0.25, 0.3) is 11.3 Å². The zero-order valence-electron chi connectivity index (χ0n) is 12.5. The van der Waals surface area contributed by atoms with Gasteiger partial charge in [-0.05, 0) is 35.4 Å². The lowest BCUT2D eigenvalue weighted by molar-refractivity contribution is -0.115. The second-order valence-corrected chi connectivity index (χ2v) is 5.45. The molecule has 0 saturated heterocycles. The molecule has 1 amide bonds. The number of aromatic nitrogens is 2. The second-order valence-electron chi connectivity index (χ2n) is 5.12. The summed E-state index contributed by atoms with van der Waals surface area (Å²) >= 11 is 5.74. The van der Waals surface area contributed by atoms with Crippen LogP contribution in [0.1, 0.15) is 5.56 Å². The molecular formula is C18H13ClFN3O. The Hall–Kier alpha value is -2.79. The molecule has 6 heteroatoms. The Labute approximate surface area is 143 Å². The zero-order valence-corrected chi connectivity index (χ0v) is 13.3. The van der Waals surface area contributed by atoms with E-state index in [1.165, 1.54) is 18.3 Å². The van der Waals surface area contributed by atoms with Gasteiger partial charge in [0.15, 0.2) is 0 Å². The van der Waals surface area contributed by atoms with Crippen LogP contribution in [0.3, 0.4) is 0 Å². The SMILES string of the molecule is O=C(Cc1ccccc1)Nc1ccc(-c2ccnc(Cl)n2)cc1F. The Morgan fingerprint density at radius 2 is 1.92 bits per heavy atom. The molecule has 0 spiro atoms. The number of benzene rings is 2. The van der Waals surface area contributed by atoms with Gasteiger partial charge in [0, 0.05) is 11.8 Å². The number of rotatable bonds is 4. The van der Waals surface area contributed by atoms with E-state index in [1.807, 2.05) is 30.3 Å². The Morgan fingerprint density at radius 1 is 1.12 bits per heavy atom. The van der Waals surface area contributed by atoms with Crippen molar-refractivity contribution in [3.63, 3.8) is 0 Å². The number of hydrogen-bond donors (Lipinski definition) is 1. The first-order valence-corrected chi connectivity index (χ1v) is 7.62. The first-order chi connectivity index (χ1) is 11.6. The van der Waals surface area contributed by atoms with Crippen molar-refractivity contribution in [2.24, 2.45) is 0 Å². The summed E-state index contributed by atoms with van der Waals surface area (Å²) in [6.07, 6.45) is 1.68. The topological polar surface area (TPSA) is 54.9 Å². The molecular weight excluding hydrogens is 329 g/mol. The minimum atomic E-state index is -0.538. The fraction of sp³-hybridized carbons (Fsp3) is 0.0556. The van der Waals surface area contributed by atoms with E-state index in [0.717, 1.165) is 5.56 Å². The Bertz CT molecular complexity index is 871. The van der Waals surface area contributed by atoms with Crippen LogP contribution < -0.4 is 5.32 Å². The summed E-state index contributed by atoms with van der Waals surface area (Å²) in [7, 11) is 0. The molecule has 120 valence electrons. The average Bonchev–Trinajstić information content (AvgIpc) is 2.57. The maximum absolute atomic E-state index is 14.2. The third-order valence-electron chi connectivity index (χ3n) is 3.37. The summed E-state index contributed by atoms with van der Waals surface area (Å²) in [5.41, 5.74) is 2.05. The van der Waals surface area contributed by atoms with Gasteiger partial charge >= 0.3 is 0 Å². The van der Waals surface area contributed by atoms with Crippen LogP contribution in [-0.2, 0) is 11.2 Å². The summed E-state index contributed by atoms with van der Waals surface area (Å²) < 4.78 is 14.2. The highest BCUT2D eigenvalue weighted by Gasteiger charge is 2.10. The fourth-order valence-corrected chi connectivity index (χ4v) is 2.39. The Morgan fingerprint density at radius 3 is 2.62 bits per heavy atom. The van der Waals surface area contributed by atoms with Gasteiger partial charge in [0.05, 0.1) is 17.8 Å². The molecule has 3 aromatic rings. The molecule has 3 rings (SSSR count). The summed E-state index contributed by atoms with van der Waals surface area (Å²) in [6, 6.07) is 15.4. The molecule has 1 heterocycles. The lowest BCUT2D eigenvalue weighted by Crippen LogP contribution is -2.15. The summed E-state index contributed by atoms with van der Waals surface area (Å²) in [6.45, 7) is 0. The minimum absolute atomic E-state index is 0.0909. The van der Waals surface area contributed by atoms with Crippen molar-refractivity contribution in [3.8, 4) is 11.3 Å². The quantitative estimate of drug-likeness (QED) is 0.726. The molecule has 0 saturated carbocycles. The number of halogens is 2. The minimum Gasteiger partial charge on any atom is -0.323 e. The lowest BCUT2D eigenvalue weighted by Gasteiger charge is -2.08. The largest absolute Gasteiger partial charge is 0.323 e. The van der Waals surface area contributed by atoms with E-state index in [-0.39, 0.29) is 23.3 Å². The molecule has 1 N–H and O–H groups in total. The van der Waals surface area contributed by atoms with E-state index in [9.17, 15) is 9.18 Å². The molecule has 0 radical (unpaired) electrons. The van der Waals surface area contributed by atoms with Gasteiger partial charge in [-0.3, -0.25) is 4.79 Å². The molecule has 1 aromatic heterocycles. The van der Waals surface area contributed by atoms with Crippen molar-refractivity contribution in [2.45, 2.75) is 6.42 Å². The maximum Gasteiger partial charge on any atom is 0.228 e. The van der Waals surface area contributed by atoms with Gasteiger partial charge in [-0.2, -0.15) is 0 Å². The highest BCUT2D eigenvalue weighted by atomic mass is 35.5. The molecule has 0 bridgehead atoms. The molecule has 24 heavy (non-hydrogen) atoms. The molecule has 0 aliphatic heterocycles. The van der Waals surface area contributed by atoms with E-state index < -0.39 is 5.82 Å². The summed E-state index contributed by atoms with van der Waals surface area (Å²) in [5.74, 6) is -0.818. The van der Waals surface area contributed by atoms with Gasteiger partial charge in [0.1, 0.15) is 5.82 Å². The van der Waals surface area contributed by atoms with Crippen molar-refractivity contribution >= 4 is 23.2 Å². The van der Waals surface area contributed by atoms with Crippen molar-refractivity contribution in [2.75, 3.05) is 5.32 Å². The second kappa shape index (κ2) is 7.19. The highest BCUT2D eigenvalue weighted by molar-refractivity contribution is 6.28. The number of carbonyl (C=O) groups is 1. The van der Waals surface area contributed by atoms with Crippen molar-refractivity contribution in [1.82, 2.24) is 9.97 Å². The fourth-order valence-electron chi connectivity index (χ4n) is 2.25. The lowest BCUT2D eigenvalue weighted by atomic mass is 10.1. The van der Waals surface area contributed by atoms with Gasteiger partial charge in [-0.1, -0.05) is 36.4 Å². The number of nitrogens with one attached hydrogen (secondary N) is 1. The number of amides is 1. The van der Waals surface area contributed by atoms with Crippen LogP contribution in [0.4, 0.5) is 10.1 Å². The number of hydrogen-bond acceptors (Lipinski definition) is 3. The first kappa shape index (κ1) is 16.1. The van der Waals surface area contributed by atoms with Crippen LogP contribution >= 0.6 is 11.6 Å². The Balaban J connectivity index is 1.74. The number of anilines is 1. The van der Waals surface area contributed by atoms with Crippen molar-refractivity contribution < 1.29 is 9.18 Å². The van der Waals surface area contributed by atoms with Crippen LogP contribution in [0.2, 0.25) is 5.28 Å². The van der Waals surface area contributed by atoms with Gasteiger partial charge in [0.25, 0.3) is 0 Å². The predicted molar refractivity (Wildman–Crippen MR) is 91.2 cm³/mol. The summed E-state index contributed by atoms with van der Waals surface area (Å²) in [4.78, 5) is 19.8. The molecule has 4 nitrogen and oxygen atoms in total. The third kappa shape index (κ3) is 3.94. The monoisotopic (exact) mass is 341 g/mol. The van der Waals surface area contributed by atoms with E-state index in [0.29, 0.717) is 11.3 Å². The van der Waals surface area contributed by atoms with Crippen LogP contribution in [0.5, 0.6) is 0 Å². The first-order valence-electron chi connectivity index (χ1n) is 7.24. The highest BCUT2D eigenvalue weighted by Crippen LogP contribution is 2.23. The van der Waals surface area contributed by atoms with Gasteiger partial charge in [-0.15, -0.1) is 0 Å². The van der Waals surface area contributed by atoms with E-state index in [1.54, 1.807) is 12.1 Å². The molecule has 0 atom stereocenters. The molecule has 0 unspecified atom stereocenters. The third-order valence-corrected chi connectivity index (χ3v) is 3.55. The van der Waals surface area contributed by atoms with Crippen molar-refractivity contribution in [3.05, 3.63) is 77.5 Å². The number of nitrogens with zero attached hydrogens (tertiary/aromatic N) is 2. The normalized spacial score (nSPS) is 10.4. The maximum atomic E-state index is 14.2. The molecule has 0 aliphatic rings. The molecule has 2 aromatic carbocycles. The van der Waals surface area contributed by atoms with Crippen LogP contribution in [0.15, 0.2) is 60.8 Å². The molecule has 0 aliphatic carbocycles. The Kier molecular flexibility index (Phi) is 4.82. The van der Waals surface area contributed by atoms with Gasteiger partial charge < -0.3 is 5.32 Å². The van der Waals surface area contributed by atoms with E-state index >= 15 is 0 Å². The van der Waals surface area contributed by atoms with Crippen LogP contribution in [0, 0.1) is 5.82 Å². The van der Waals surface area contributed by atoms with E-state index in [2.05, 4.69) is 15.3 Å². The zero-order chi connectivity index (χ0) is 16.9. The smallest absolute Gasteiger partial charge is 0.228 e. The van der Waals surface area contributed by atoms with Gasteiger partial charge in [0.2, 0.25) is 11.2 Å². The summed E-state index contributed by atoms with van der Waals surface area (Å²) in [5, 5.41) is 2.67. The standard InChI is InChI=1S/C18H13ClFN3O/c19-18-21-9-8-15(23-18)13-6-7-16(14(20)11-13)22-17(24)10-12-4-2-1-3-5-12/h1-9,11H,10H2,(H,22,24). The predicted octanol–water partition coefficient (Wildman–Crippen LogP) is 4.12. The number of carbonyl (C=O) groups excluding carboxylic acids is 1. The van der Waals surface area contributed by atoms with E-state index in [4.69, 9.17) is 11.6 Å². The average molecular weight is 342 g/mol.